The van der Waals surface area contributed by atoms with Crippen molar-refractivity contribution < 1.29 is 0 Å². The van der Waals surface area contributed by atoms with Crippen LogP contribution in [0, 0.1) is 4.77 Å². The Kier molecular flexibility index (Phi) is 3.76. The van der Waals surface area contributed by atoms with E-state index in [0.29, 0.717) is 6.04 Å². The van der Waals surface area contributed by atoms with E-state index in [0.717, 1.165) is 23.6 Å². The standard InChI is InChI=1S/C11H20N4S/c1-9(2)15-10(12-13-11(15)16)5-8-14-6-3-4-7-14/h9H,3-8H2,1-2H3,(H,13,16). The van der Waals surface area contributed by atoms with E-state index in [9.17, 15) is 0 Å². The van der Waals surface area contributed by atoms with Gasteiger partial charge in [0.2, 0.25) is 0 Å². The summed E-state index contributed by atoms with van der Waals surface area (Å²) >= 11 is 5.23. The first kappa shape index (κ1) is 11.8. The Morgan fingerprint density at radius 2 is 2.06 bits per heavy atom. The van der Waals surface area contributed by atoms with Crippen LogP contribution in [0.5, 0.6) is 0 Å². The largest absolute Gasteiger partial charge is 0.303 e. The van der Waals surface area contributed by atoms with Gasteiger partial charge < -0.3 is 9.47 Å². The number of rotatable bonds is 4. The van der Waals surface area contributed by atoms with Crippen LogP contribution in [-0.4, -0.2) is 39.3 Å². The summed E-state index contributed by atoms with van der Waals surface area (Å²) in [4.78, 5) is 2.50. The van der Waals surface area contributed by atoms with Crippen LogP contribution in [0.25, 0.3) is 0 Å². The molecule has 16 heavy (non-hydrogen) atoms. The van der Waals surface area contributed by atoms with Crippen molar-refractivity contribution >= 4 is 12.2 Å². The van der Waals surface area contributed by atoms with Gasteiger partial charge in [-0.2, -0.15) is 5.10 Å². The lowest BCUT2D eigenvalue weighted by Gasteiger charge is -2.15. The number of aromatic nitrogens is 3. The average Bonchev–Trinajstić information content (AvgIpc) is 2.83. The molecule has 0 saturated carbocycles. The van der Waals surface area contributed by atoms with E-state index < -0.39 is 0 Å². The molecule has 1 fully saturated rings. The van der Waals surface area contributed by atoms with Gasteiger partial charge in [-0.3, -0.25) is 5.10 Å². The Balaban J connectivity index is 2.00. The van der Waals surface area contributed by atoms with Crippen LogP contribution in [0.2, 0.25) is 0 Å². The van der Waals surface area contributed by atoms with Gasteiger partial charge in [0.05, 0.1) is 0 Å². The second-order valence-electron chi connectivity index (χ2n) is 4.71. The van der Waals surface area contributed by atoms with Crippen LogP contribution in [-0.2, 0) is 6.42 Å². The molecular formula is C11H20N4S. The van der Waals surface area contributed by atoms with Gasteiger partial charge in [-0.25, -0.2) is 0 Å². The average molecular weight is 240 g/mol. The number of hydrogen-bond donors (Lipinski definition) is 1. The Labute approximate surface area is 102 Å². The molecule has 0 atom stereocenters. The molecule has 0 aliphatic carbocycles. The molecule has 1 N–H and O–H groups in total. The van der Waals surface area contributed by atoms with Gasteiger partial charge in [-0.15, -0.1) is 0 Å². The minimum atomic E-state index is 0.389. The highest BCUT2D eigenvalue weighted by Crippen LogP contribution is 2.11. The Morgan fingerprint density at radius 3 is 2.69 bits per heavy atom. The van der Waals surface area contributed by atoms with Crippen molar-refractivity contribution in [3.63, 3.8) is 0 Å². The van der Waals surface area contributed by atoms with Gasteiger partial charge in [-0.05, 0) is 52.0 Å². The van der Waals surface area contributed by atoms with Crippen molar-refractivity contribution in [2.75, 3.05) is 19.6 Å². The van der Waals surface area contributed by atoms with Gasteiger partial charge in [0.15, 0.2) is 4.77 Å². The third kappa shape index (κ3) is 2.52. The molecule has 5 heteroatoms. The highest BCUT2D eigenvalue weighted by atomic mass is 32.1. The molecule has 0 unspecified atom stereocenters. The lowest BCUT2D eigenvalue weighted by Crippen LogP contribution is -2.23. The number of hydrogen-bond acceptors (Lipinski definition) is 3. The summed E-state index contributed by atoms with van der Waals surface area (Å²) in [6.07, 6.45) is 3.68. The highest BCUT2D eigenvalue weighted by molar-refractivity contribution is 7.71. The molecule has 2 rings (SSSR count). The number of likely N-dealkylation sites (tertiary alicyclic amines) is 1. The number of H-pyrrole nitrogens is 1. The van der Waals surface area contributed by atoms with Gasteiger partial charge >= 0.3 is 0 Å². The maximum Gasteiger partial charge on any atom is 0.195 e. The van der Waals surface area contributed by atoms with E-state index in [1.165, 1.54) is 25.9 Å². The van der Waals surface area contributed by atoms with Crippen LogP contribution in [0.1, 0.15) is 38.6 Å². The Hall–Kier alpha value is -0.680. The van der Waals surface area contributed by atoms with Crippen molar-refractivity contribution in [3.8, 4) is 0 Å². The quantitative estimate of drug-likeness (QED) is 0.819. The van der Waals surface area contributed by atoms with E-state index in [-0.39, 0.29) is 0 Å². The summed E-state index contributed by atoms with van der Waals surface area (Å²) in [5, 5.41) is 7.21. The summed E-state index contributed by atoms with van der Waals surface area (Å²) in [5.41, 5.74) is 0. The van der Waals surface area contributed by atoms with E-state index >= 15 is 0 Å². The van der Waals surface area contributed by atoms with Crippen molar-refractivity contribution in [1.82, 2.24) is 19.7 Å². The first-order valence-corrected chi connectivity index (χ1v) is 6.47. The molecule has 90 valence electrons. The SMILES string of the molecule is CC(C)n1c(CCN2CCCC2)n[nH]c1=S. The van der Waals surface area contributed by atoms with Gasteiger partial charge in [-0.1, -0.05) is 0 Å². The zero-order valence-corrected chi connectivity index (χ0v) is 10.9. The molecule has 2 heterocycles. The molecule has 1 aromatic heterocycles. The monoisotopic (exact) mass is 240 g/mol. The van der Waals surface area contributed by atoms with E-state index in [2.05, 4.69) is 33.5 Å². The molecule has 1 aliphatic rings. The summed E-state index contributed by atoms with van der Waals surface area (Å²) in [6, 6.07) is 0.389. The molecule has 0 amide bonds. The minimum Gasteiger partial charge on any atom is -0.303 e. The van der Waals surface area contributed by atoms with Crippen LogP contribution < -0.4 is 0 Å². The van der Waals surface area contributed by atoms with Crippen LogP contribution >= 0.6 is 12.2 Å². The Bertz CT molecular complexity index is 387. The molecular weight excluding hydrogens is 220 g/mol. The summed E-state index contributed by atoms with van der Waals surface area (Å²) in [5.74, 6) is 1.09. The van der Waals surface area contributed by atoms with Crippen LogP contribution in [0.4, 0.5) is 0 Å². The summed E-state index contributed by atoms with van der Waals surface area (Å²) in [6.45, 7) is 7.88. The fourth-order valence-electron chi connectivity index (χ4n) is 2.31. The number of nitrogens with one attached hydrogen (secondary N) is 1. The van der Waals surface area contributed by atoms with Crippen LogP contribution in [0.15, 0.2) is 0 Å². The van der Waals surface area contributed by atoms with E-state index in [1.54, 1.807) is 0 Å². The predicted octanol–water partition coefficient (Wildman–Crippen LogP) is 2.16. The van der Waals surface area contributed by atoms with Crippen molar-refractivity contribution in [1.29, 1.82) is 0 Å². The second-order valence-corrected chi connectivity index (χ2v) is 5.09. The Morgan fingerprint density at radius 1 is 1.38 bits per heavy atom. The topological polar surface area (TPSA) is 36.9 Å². The van der Waals surface area contributed by atoms with E-state index in [4.69, 9.17) is 12.2 Å². The summed E-state index contributed by atoms with van der Waals surface area (Å²) in [7, 11) is 0. The molecule has 1 aromatic rings. The lowest BCUT2D eigenvalue weighted by atomic mass is 10.3. The van der Waals surface area contributed by atoms with Crippen LogP contribution in [0.3, 0.4) is 0 Å². The maximum absolute atomic E-state index is 5.23. The first-order valence-electron chi connectivity index (χ1n) is 6.06. The zero-order valence-electron chi connectivity index (χ0n) is 10.1. The molecule has 1 saturated heterocycles. The number of aromatic amines is 1. The van der Waals surface area contributed by atoms with Gasteiger partial charge in [0, 0.05) is 19.0 Å². The zero-order chi connectivity index (χ0) is 11.5. The third-order valence-corrected chi connectivity index (χ3v) is 3.43. The van der Waals surface area contributed by atoms with Gasteiger partial charge in [0.1, 0.15) is 5.82 Å². The van der Waals surface area contributed by atoms with Crippen molar-refractivity contribution in [2.24, 2.45) is 0 Å². The lowest BCUT2D eigenvalue weighted by molar-refractivity contribution is 0.337. The van der Waals surface area contributed by atoms with E-state index in [1.807, 2.05) is 0 Å². The molecule has 0 aromatic carbocycles. The first-order chi connectivity index (χ1) is 7.68. The maximum atomic E-state index is 5.23. The highest BCUT2D eigenvalue weighted by Gasteiger charge is 2.14. The second kappa shape index (κ2) is 5.10. The summed E-state index contributed by atoms with van der Waals surface area (Å²) < 4.78 is 2.86. The molecule has 4 nitrogen and oxygen atoms in total. The molecule has 1 aliphatic heterocycles. The van der Waals surface area contributed by atoms with Gasteiger partial charge in [0.25, 0.3) is 0 Å². The smallest absolute Gasteiger partial charge is 0.195 e. The molecule has 0 radical (unpaired) electrons. The number of nitrogens with zero attached hydrogens (tertiary/aromatic N) is 3. The van der Waals surface area contributed by atoms with Crippen molar-refractivity contribution in [2.45, 2.75) is 39.2 Å². The minimum absolute atomic E-state index is 0.389. The van der Waals surface area contributed by atoms with Crippen molar-refractivity contribution in [3.05, 3.63) is 10.6 Å². The fraction of sp³-hybridized carbons (Fsp3) is 0.818. The molecule has 0 spiro atoms. The molecule has 0 bridgehead atoms. The third-order valence-electron chi connectivity index (χ3n) is 3.14. The normalized spacial score (nSPS) is 17.4. The predicted molar refractivity (Wildman–Crippen MR) is 67.2 cm³/mol. The fourth-order valence-corrected chi connectivity index (χ4v) is 2.67.